The summed E-state index contributed by atoms with van der Waals surface area (Å²) in [5.74, 6) is -0.135. The van der Waals surface area contributed by atoms with Crippen LogP contribution in [0.15, 0.2) is 24.3 Å². The first-order valence-electron chi connectivity index (χ1n) is 6.95. The minimum atomic E-state index is -0.135. The highest BCUT2D eigenvalue weighted by molar-refractivity contribution is 6.02. The Bertz CT molecular complexity index is 711. The van der Waals surface area contributed by atoms with Gasteiger partial charge in [-0.1, -0.05) is 17.7 Å². The fraction of sp³-hybridized carbons (Fsp3) is 0.294. The van der Waals surface area contributed by atoms with E-state index in [0.717, 1.165) is 28.2 Å². The van der Waals surface area contributed by atoms with Gasteiger partial charge in [0.2, 0.25) is 5.91 Å². The molecule has 1 aromatic heterocycles. The number of hydrogen-bond acceptors (Lipinski definition) is 2. The molecule has 21 heavy (non-hydrogen) atoms. The van der Waals surface area contributed by atoms with Crippen molar-refractivity contribution in [3.63, 3.8) is 0 Å². The zero-order chi connectivity index (χ0) is 15.6. The monoisotopic (exact) mass is 283 g/mol. The number of benzene rings is 1. The van der Waals surface area contributed by atoms with E-state index in [1.807, 2.05) is 57.6 Å². The second-order valence-corrected chi connectivity index (χ2v) is 5.35. The molecule has 4 nitrogen and oxygen atoms in total. The van der Waals surface area contributed by atoms with Gasteiger partial charge in [0, 0.05) is 30.1 Å². The third-order valence-corrected chi connectivity index (χ3v) is 3.61. The van der Waals surface area contributed by atoms with Gasteiger partial charge >= 0.3 is 0 Å². The van der Waals surface area contributed by atoms with Crippen molar-refractivity contribution in [3.8, 4) is 0 Å². The third-order valence-electron chi connectivity index (χ3n) is 3.61. The van der Waals surface area contributed by atoms with Crippen LogP contribution in [0, 0.1) is 27.7 Å². The number of rotatable bonds is 3. The second kappa shape index (κ2) is 5.95. The molecule has 0 spiro atoms. The summed E-state index contributed by atoms with van der Waals surface area (Å²) < 4.78 is 1.82. The van der Waals surface area contributed by atoms with Gasteiger partial charge in [-0.3, -0.25) is 9.48 Å². The fourth-order valence-electron chi connectivity index (χ4n) is 2.32. The highest BCUT2D eigenvalue weighted by atomic mass is 16.1. The van der Waals surface area contributed by atoms with E-state index in [1.54, 1.807) is 6.08 Å². The van der Waals surface area contributed by atoms with Gasteiger partial charge in [0.15, 0.2) is 0 Å². The van der Waals surface area contributed by atoms with Crippen molar-refractivity contribution in [2.75, 3.05) is 5.32 Å². The van der Waals surface area contributed by atoms with Crippen LogP contribution in [-0.2, 0) is 11.8 Å². The van der Waals surface area contributed by atoms with Crippen molar-refractivity contribution < 1.29 is 4.79 Å². The lowest BCUT2D eigenvalue weighted by Crippen LogP contribution is -2.09. The topological polar surface area (TPSA) is 46.9 Å². The lowest BCUT2D eigenvalue weighted by Gasteiger charge is -2.07. The summed E-state index contributed by atoms with van der Waals surface area (Å²) in [6.07, 6.45) is 3.37. The van der Waals surface area contributed by atoms with Crippen molar-refractivity contribution in [3.05, 3.63) is 52.4 Å². The minimum absolute atomic E-state index is 0.135. The Labute approximate surface area is 125 Å². The van der Waals surface area contributed by atoms with Crippen LogP contribution in [0.2, 0.25) is 0 Å². The Hall–Kier alpha value is -2.36. The van der Waals surface area contributed by atoms with Crippen LogP contribution in [-0.4, -0.2) is 15.7 Å². The molecule has 1 aromatic carbocycles. The molecule has 0 saturated carbocycles. The Morgan fingerprint density at radius 1 is 1.24 bits per heavy atom. The van der Waals surface area contributed by atoms with Crippen LogP contribution in [0.5, 0.6) is 0 Å². The number of carbonyl (C=O) groups is 1. The Morgan fingerprint density at radius 3 is 2.52 bits per heavy atom. The number of hydrogen-bond donors (Lipinski definition) is 1. The maximum atomic E-state index is 12.0. The molecule has 1 heterocycles. The highest BCUT2D eigenvalue weighted by Crippen LogP contribution is 2.17. The molecular formula is C17H21N3O. The summed E-state index contributed by atoms with van der Waals surface area (Å²) in [5.41, 5.74) is 6.05. The number of amides is 1. The number of nitrogens with one attached hydrogen (secondary N) is 1. The highest BCUT2D eigenvalue weighted by Gasteiger charge is 2.07. The van der Waals surface area contributed by atoms with Gasteiger partial charge in [0.25, 0.3) is 0 Å². The van der Waals surface area contributed by atoms with Gasteiger partial charge in [-0.25, -0.2) is 0 Å². The number of carbonyl (C=O) groups excluding carboxylic acids is 1. The van der Waals surface area contributed by atoms with Crippen LogP contribution in [0.4, 0.5) is 5.69 Å². The number of aryl methyl sites for hydroxylation is 4. The third kappa shape index (κ3) is 3.40. The van der Waals surface area contributed by atoms with Crippen LogP contribution in [0.3, 0.4) is 0 Å². The van der Waals surface area contributed by atoms with Crippen molar-refractivity contribution in [1.82, 2.24) is 9.78 Å². The Balaban J connectivity index is 2.13. The molecule has 0 aliphatic rings. The first kappa shape index (κ1) is 15.0. The first-order chi connectivity index (χ1) is 9.88. The van der Waals surface area contributed by atoms with E-state index in [1.165, 1.54) is 5.56 Å². The molecule has 0 bridgehead atoms. The number of anilines is 1. The Kier molecular flexibility index (Phi) is 4.26. The molecule has 2 aromatic rings. The lowest BCUT2D eigenvalue weighted by molar-refractivity contribution is -0.111. The van der Waals surface area contributed by atoms with Crippen LogP contribution in [0.1, 0.15) is 28.1 Å². The van der Waals surface area contributed by atoms with Gasteiger partial charge in [0.1, 0.15) is 0 Å². The zero-order valence-electron chi connectivity index (χ0n) is 13.2. The van der Waals surface area contributed by atoms with E-state index in [-0.39, 0.29) is 5.91 Å². The number of nitrogens with zero attached hydrogens (tertiary/aromatic N) is 2. The lowest BCUT2D eigenvalue weighted by atomic mass is 10.1. The maximum Gasteiger partial charge on any atom is 0.248 e. The van der Waals surface area contributed by atoms with E-state index in [0.29, 0.717) is 0 Å². The van der Waals surface area contributed by atoms with Crippen molar-refractivity contribution in [2.24, 2.45) is 7.05 Å². The Morgan fingerprint density at radius 2 is 1.95 bits per heavy atom. The van der Waals surface area contributed by atoms with Gasteiger partial charge in [-0.2, -0.15) is 5.10 Å². The van der Waals surface area contributed by atoms with E-state index >= 15 is 0 Å². The first-order valence-corrected chi connectivity index (χ1v) is 6.95. The summed E-state index contributed by atoms with van der Waals surface area (Å²) in [7, 11) is 1.90. The van der Waals surface area contributed by atoms with Gasteiger partial charge in [-0.05, 0) is 45.4 Å². The summed E-state index contributed by atoms with van der Waals surface area (Å²) in [5, 5.41) is 7.23. The van der Waals surface area contributed by atoms with Crippen LogP contribution < -0.4 is 5.32 Å². The normalized spacial score (nSPS) is 11.1. The molecule has 0 unspecified atom stereocenters. The summed E-state index contributed by atoms with van der Waals surface area (Å²) in [6, 6.07) is 5.97. The molecule has 0 fully saturated rings. The largest absolute Gasteiger partial charge is 0.322 e. The average molecular weight is 283 g/mol. The molecule has 0 aliphatic carbocycles. The van der Waals surface area contributed by atoms with E-state index in [2.05, 4.69) is 16.5 Å². The SMILES string of the molecule is Cc1ccc(NC(=O)/C=C/c2c(C)nn(C)c2C)c(C)c1. The van der Waals surface area contributed by atoms with Crippen LogP contribution in [0.25, 0.3) is 6.08 Å². The van der Waals surface area contributed by atoms with Crippen LogP contribution >= 0.6 is 0 Å². The van der Waals surface area contributed by atoms with Crippen molar-refractivity contribution >= 4 is 17.7 Å². The standard InChI is InChI=1S/C17H21N3O/c1-11-6-8-16(12(2)10-11)18-17(21)9-7-15-13(3)19-20(5)14(15)4/h6-10H,1-5H3,(H,18,21)/b9-7+. The molecule has 0 atom stereocenters. The second-order valence-electron chi connectivity index (χ2n) is 5.35. The van der Waals surface area contributed by atoms with Gasteiger partial charge in [0.05, 0.1) is 5.69 Å². The van der Waals surface area contributed by atoms with E-state index in [9.17, 15) is 4.79 Å². The van der Waals surface area contributed by atoms with Gasteiger partial charge < -0.3 is 5.32 Å². The summed E-state index contributed by atoms with van der Waals surface area (Å²) in [4.78, 5) is 12.0. The van der Waals surface area contributed by atoms with Gasteiger partial charge in [-0.15, -0.1) is 0 Å². The molecular weight excluding hydrogens is 262 g/mol. The molecule has 1 N–H and O–H groups in total. The van der Waals surface area contributed by atoms with E-state index in [4.69, 9.17) is 0 Å². The van der Waals surface area contributed by atoms with Crippen molar-refractivity contribution in [1.29, 1.82) is 0 Å². The molecule has 1 amide bonds. The smallest absolute Gasteiger partial charge is 0.248 e. The molecule has 0 saturated heterocycles. The minimum Gasteiger partial charge on any atom is -0.322 e. The van der Waals surface area contributed by atoms with Crippen molar-refractivity contribution in [2.45, 2.75) is 27.7 Å². The fourth-order valence-corrected chi connectivity index (χ4v) is 2.32. The number of aromatic nitrogens is 2. The summed E-state index contributed by atoms with van der Waals surface area (Å²) in [6.45, 7) is 7.95. The molecule has 0 aliphatic heterocycles. The predicted octanol–water partition coefficient (Wildman–Crippen LogP) is 3.31. The quantitative estimate of drug-likeness (QED) is 0.878. The predicted molar refractivity (Wildman–Crippen MR) is 86.3 cm³/mol. The summed E-state index contributed by atoms with van der Waals surface area (Å²) >= 11 is 0. The molecule has 0 radical (unpaired) electrons. The molecule has 4 heteroatoms. The zero-order valence-corrected chi connectivity index (χ0v) is 13.2. The maximum absolute atomic E-state index is 12.0. The average Bonchev–Trinajstić information content (AvgIpc) is 2.65. The molecule has 110 valence electrons. The molecule has 2 rings (SSSR count). The van der Waals surface area contributed by atoms with E-state index < -0.39 is 0 Å².